The number of furan rings is 1. The maximum absolute atomic E-state index is 12.3. The Kier molecular flexibility index (Phi) is 3.89. The van der Waals surface area contributed by atoms with E-state index in [9.17, 15) is 9.90 Å². The molecule has 0 fully saturated rings. The third-order valence-corrected chi connectivity index (χ3v) is 4.83. The fourth-order valence-electron chi connectivity index (χ4n) is 2.53. The molecule has 1 atom stereocenters. The molecule has 0 bridgehead atoms. The third kappa shape index (κ3) is 2.64. The minimum Gasteiger partial charge on any atom is -0.467 e. The molecule has 20 heavy (non-hydrogen) atoms. The highest BCUT2D eigenvalue weighted by Gasteiger charge is 2.21. The monoisotopic (exact) mass is 291 g/mol. The van der Waals surface area contributed by atoms with Crippen LogP contribution in [0.2, 0.25) is 0 Å². The van der Waals surface area contributed by atoms with Gasteiger partial charge in [0.15, 0.2) is 0 Å². The number of aryl methyl sites for hydroxylation is 2. The highest BCUT2D eigenvalue weighted by atomic mass is 32.1. The number of hydrogen-bond acceptors (Lipinski definition) is 4. The molecule has 2 N–H and O–H groups in total. The summed E-state index contributed by atoms with van der Waals surface area (Å²) < 4.78 is 5.23. The summed E-state index contributed by atoms with van der Waals surface area (Å²) in [5, 5.41) is 12.2. The first kappa shape index (κ1) is 13.4. The molecular weight excluding hydrogens is 274 g/mol. The van der Waals surface area contributed by atoms with Gasteiger partial charge >= 0.3 is 0 Å². The molecule has 3 rings (SSSR count). The second-order valence-corrected chi connectivity index (χ2v) is 6.13. The zero-order valence-corrected chi connectivity index (χ0v) is 11.9. The molecule has 0 spiro atoms. The predicted octanol–water partition coefficient (Wildman–Crippen LogP) is 2.68. The van der Waals surface area contributed by atoms with Gasteiger partial charge in [-0.1, -0.05) is 0 Å². The average molecular weight is 291 g/mol. The van der Waals surface area contributed by atoms with Crippen LogP contribution in [0.5, 0.6) is 0 Å². The van der Waals surface area contributed by atoms with Crippen LogP contribution in [0.25, 0.3) is 0 Å². The van der Waals surface area contributed by atoms with Crippen LogP contribution >= 0.6 is 11.3 Å². The smallest absolute Gasteiger partial charge is 0.262 e. The molecule has 1 amide bonds. The molecule has 0 aliphatic heterocycles. The van der Waals surface area contributed by atoms with Gasteiger partial charge in [0.1, 0.15) is 11.8 Å². The third-order valence-electron chi connectivity index (χ3n) is 3.59. The van der Waals surface area contributed by atoms with Crippen LogP contribution in [0.15, 0.2) is 28.9 Å². The Labute approximate surface area is 121 Å². The van der Waals surface area contributed by atoms with Crippen LogP contribution in [0.1, 0.15) is 44.8 Å². The van der Waals surface area contributed by atoms with Crippen LogP contribution in [-0.4, -0.2) is 17.6 Å². The highest BCUT2D eigenvalue weighted by molar-refractivity contribution is 7.14. The first-order valence-corrected chi connectivity index (χ1v) is 7.66. The molecule has 2 aromatic heterocycles. The lowest BCUT2D eigenvalue weighted by molar-refractivity contribution is 0.0911. The number of nitrogens with one attached hydrogen (secondary N) is 1. The van der Waals surface area contributed by atoms with Gasteiger partial charge in [0.2, 0.25) is 0 Å². The van der Waals surface area contributed by atoms with E-state index in [1.54, 1.807) is 23.5 Å². The Morgan fingerprint density at radius 3 is 3.00 bits per heavy atom. The van der Waals surface area contributed by atoms with Crippen molar-refractivity contribution >= 4 is 17.2 Å². The van der Waals surface area contributed by atoms with Gasteiger partial charge in [-0.15, -0.1) is 11.3 Å². The molecule has 0 saturated heterocycles. The molecule has 0 aromatic carbocycles. The first-order chi connectivity index (χ1) is 9.78. The number of rotatable bonds is 4. The fourth-order valence-corrected chi connectivity index (χ4v) is 3.68. The molecule has 2 aromatic rings. The van der Waals surface area contributed by atoms with Gasteiger partial charge in [-0.25, -0.2) is 0 Å². The number of fused-ring (bicyclic) bond motifs is 1. The number of carbonyl (C=O) groups excluding carboxylic acids is 1. The minimum atomic E-state index is -0.489. The van der Waals surface area contributed by atoms with Crippen molar-refractivity contribution in [3.8, 4) is 0 Å². The van der Waals surface area contributed by atoms with E-state index in [0.717, 1.165) is 17.7 Å². The Balaban J connectivity index is 1.74. The lowest BCUT2D eigenvalue weighted by atomic mass is 9.99. The van der Waals surface area contributed by atoms with Crippen molar-refractivity contribution in [3.63, 3.8) is 0 Å². The Morgan fingerprint density at radius 2 is 2.30 bits per heavy atom. The van der Waals surface area contributed by atoms with Crippen molar-refractivity contribution < 1.29 is 14.3 Å². The van der Waals surface area contributed by atoms with E-state index in [-0.39, 0.29) is 12.5 Å². The first-order valence-electron chi connectivity index (χ1n) is 6.84. The number of aliphatic hydroxyl groups excluding tert-OH is 1. The van der Waals surface area contributed by atoms with Crippen molar-refractivity contribution in [1.29, 1.82) is 0 Å². The summed E-state index contributed by atoms with van der Waals surface area (Å²) in [6.07, 6.45) is 6.10. The van der Waals surface area contributed by atoms with Crippen molar-refractivity contribution in [2.45, 2.75) is 31.7 Å². The molecular formula is C15H17NO3S. The molecule has 4 nitrogen and oxygen atoms in total. The molecule has 0 radical (unpaired) electrons. The number of hydrogen-bond donors (Lipinski definition) is 2. The molecule has 106 valence electrons. The molecule has 1 aliphatic carbocycles. The van der Waals surface area contributed by atoms with E-state index >= 15 is 0 Å². The van der Waals surface area contributed by atoms with Gasteiger partial charge in [-0.2, -0.15) is 0 Å². The Hall–Kier alpha value is -1.59. The second kappa shape index (κ2) is 5.81. The topological polar surface area (TPSA) is 62.5 Å². The average Bonchev–Trinajstić information content (AvgIpc) is 3.13. The molecule has 2 heterocycles. The van der Waals surface area contributed by atoms with E-state index in [1.807, 2.05) is 6.07 Å². The highest BCUT2D eigenvalue weighted by Crippen LogP contribution is 2.30. The van der Waals surface area contributed by atoms with Crippen LogP contribution in [0, 0.1) is 0 Å². The van der Waals surface area contributed by atoms with Gasteiger partial charge in [-0.05, 0) is 49.4 Å². The van der Waals surface area contributed by atoms with Crippen molar-refractivity contribution in [1.82, 2.24) is 5.32 Å². The molecule has 1 unspecified atom stereocenters. The quantitative estimate of drug-likeness (QED) is 0.910. The summed E-state index contributed by atoms with van der Waals surface area (Å²) in [4.78, 5) is 14.3. The largest absolute Gasteiger partial charge is 0.467 e. The summed E-state index contributed by atoms with van der Waals surface area (Å²) in [5.74, 6) is 0.432. The van der Waals surface area contributed by atoms with E-state index < -0.39 is 6.04 Å². The van der Waals surface area contributed by atoms with Gasteiger partial charge in [0.25, 0.3) is 5.91 Å². The maximum Gasteiger partial charge on any atom is 0.262 e. The lowest BCUT2D eigenvalue weighted by Gasteiger charge is -2.12. The van der Waals surface area contributed by atoms with Crippen molar-refractivity contribution in [3.05, 3.63) is 45.5 Å². The minimum absolute atomic E-state index is 0.139. The van der Waals surface area contributed by atoms with Crippen LogP contribution in [-0.2, 0) is 12.8 Å². The van der Waals surface area contributed by atoms with Gasteiger partial charge in [0.05, 0.1) is 17.7 Å². The van der Waals surface area contributed by atoms with Crippen LogP contribution in [0.3, 0.4) is 0 Å². The SMILES string of the molecule is O=C(NC(CO)c1ccco1)c1cc2c(s1)CCCC2. The number of thiophene rings is 1. The normalized spacial score (nSPS) is 15.7. The summed E-state index contributed by atoms with van der Waals surface area (Å²) in [6.45, 7) is -0.176. The Bertz CT molecular complexity index is 565. The van der Waals surface area contributed by atoms with E-state index in [2.05, 4.69) is 5.32 Å². The van der Waals surface area contributed by atoms with E-state index in [1.165, 1.54) is 29.5 Å². The van der Waals surface area contributed by atoms with Crippen molar-refractivity contribution in [2.24, 2.45) is 0 Å². The standard InChI is InChI=1S/C15H17NO3S/c17-9-11(12-5-3-7-19-12)16-15(18)14-8-10-4-1-2-6-13(10)20-14/h3,5,7-8,11,17H,1-2,4,6,9H2,(H,16,18). The van der Waals surface area contributed by atoms with E-state index in [4.69, 9.17) is 4.42 Å². The fraction of sp³-hybridized carbons (Fsp3) is 0.400. The number of amides is 1. The second-order valence-electron chi connectivity index (χ2n) is 4.99. The molecule has 1 aliphatic rings. The lowest BCUT2D eigenvalue weighted by Crippen LogP contribution is -2.29. The maximum atomic E-state index is 12.3. The molecule has 5 heteroatoms. The number of carbonyl (C=O) groups is 1. The summed E-state index contributed by atoms with van der Waals surface area (Å²) in [5.41, 5.74) is 1.31. The Morgan fingerprint density at radius 1 is 1.45 bits per heavy atom. The molecule has 0 saturated carbocycles. The van der Waals surface area contributed by atoms with Crippen LogP contribution in [0.4, 0.5) is 0 Å². The zero-order chi connectivity index (χ0) is 13.9. The van der Waals surface area contributed by atoms with Gasteiger partial charge in [-0.3, -0.25) is 4.79 Å². The zero-order valence-electron chi connectivity index (χ0n) is 11.1. The summed E-state index contributed by atoms with van der Waals surface area (Å²) in [7, 11) is 0. The summed E-state index contributed by atoms with van der Waals surface area (Å²) in [6, 6.07) is 5.00. The van der Waals surface area contributed by atoms with E-state index in [0.29, 0.717) is 5.76 Å². The van der Waals surface area contributed by atoms with Crippen molar-refractivity contribution in [2.75, 3.05) is 6.61 Å². The number of aliphatic hydroxyl groups is 1. The van der Waals surface area contributed by atoms with Crippen LogP contribution < -0.4 is 5.32 Å². The van der Waals surface area contributed by atoms with Gasteiger partial charge < -0.3 is 14.8 Å². The summed E-state index contributed by atoms with van der Waals surface area (Å²) >= 11 is 1.57. The van der Waals surface area contributed by atoms with Gasteiger partial charge in [0, 0.05) is 4.88 Å². The predicted molar refractivity (Wildman–Crippen MR) is 77.0 cm³/mol.